The van der Waals surface area contributed by atoms with Gasteiger partial charge in [0.05, 0.1) is 11.9 Å². The molecule has 0 aliphatic carbocycles. The molecule has 0 saturated heterocycles. The molecule has 0 spiro atoms. The average molecular weight is 555 g/mol. The maximum absolute atomic E-state index is 8.06. The molecule has 0 unspecified atom stereocenters. The van der Waals surface area contributed by atoms with Gasteiger partial charge in [0.25, 0.3) is 0 Å². The van der Waals surface area contributed by atoms with Gasteiger partial charge >= 0.3 is 0 Å². The van der Waals surface area contributed by atoms with Gasteiger partial charge < -0.3 is 4.74 Å². The predicted molar refractivity (Wildman–Crippen MR) is 167 cm³/mol. The lowest BCUT2D eigenvalue weighted by Crippen LogP contribution is -2.73. The quantitative estimate of drug-likeness (QED) is 0.110. The highest BCUT2D eigenvalue weighted by Gasteiger charge is 2.53. The van der Waals surface area contributed by atoms with Crippen molar-refractivity contribution in [2.24, 2.45) is 0 Å². The van der Waals surface area contributed by atoms with Crippen molar-refractivity contribution in [2.75, 3.05) is 7.11 Å². The van der Waals surface area contributed by atoms with Crippen LogP contribution >= 0.6 is 17.6 Å². The Morgan fingerprint density at radius 3 is 1.41 bits per heavy atom. The fraction of sp³-hybridized carbons (Fsp3) is 0.0625. The highest BCUT2D eigenvalue weighted by atomic mass is 35.5. The van der Waals surface area contributed by atoms with Gasteiger partial charge in [-0.15, -0.1) is 11.6 Å². The molecule has 0 fully saturated rings. The third-order valence-electron chi connectivity index (χ3n) is 6.95. The largest absolute Gasteiger partial charge is 0.497 e. The van der Waals surface area contributed by atoms with Gasteiger partial charge in [0.15, 0.2) is 8.07 Å². The first-order valence-electron chi connectivity index (χ1n) is 12.2. The smallest absolute Gasteiger partial charge is 0.177 e. The molecule has 37 heavy (non-hydrogen) atoms. The Bertz CT molecular complexity index is 1410. The minimum atomic E-state index is -3.01. The maximum Gasteiger partial charge on any atom is 0.177 e. The van der Waals surface area contributed by atoms with E-state index < -0.39 is 14.1 Å². The normalized spacial score (nSPS) is 12.6. The first kappa shape index (κ1) is 25.7. The van der Waals surface area contributed by atoms with E-state index in [0.717, 1.165) is 21.5 Å². The molecular formula is C32H28ClOPSSi. The monoisotopic (exact) mass is 554 g/mol. The van der Waals surface area contributed by atoms with Crippen LogP contribution in [0.1, 0.15) is 0 Å². The first-order valence-corrected chi connectivity index (χ1v) is 17.6. The number of hydrogen-bond acceptors (Lipinski definition) is 2. The molecule has 0 saturated carbocycles. The molecule has 0 amide bonds. The van der Waals surface area contributed by atoms with Gasteiger partial charge in [-0.25, -0.2) is 0 Å². The van der Waals surface area contributed by atoms with E-state index in [1.807, 2.05) is 24.3 Å². The SMILES string of the molecule is COc1ccccc1[Si](c1ccccc1)(c1ccccc1)[C@H](Cl)P(=S)(c1ccccc1)c1ccccc1. The Kier molecular flexibility index (Phi) is 7.78. The van der Waals surface area contributed by atoms with E-state index in [0.29, 0.717) is 0 Å². The summed E-state index contributed by atoms with van der Waals surface area (Å²) >= 11 is 14.9. The topological polar surface area (TPSA) is 9.23 Å². The number of benzene rings is 5. The first-order chi connectivity index (χ1) is 18.1. The van der Waals surface area contributed by atoms with E-state index in [-0.39, 0.29) is 4.74 Å². The van der Waals surface area contributed by atoms with Crippen molar-refractivity contribution in [2.45, 2.75) is 4.74 Å². The van der Waals surface area contributed by atoms with Crippen LogP contribution in [0.4, 0.5) is 0 Å². The van der Waals surface area contributed by atoms with Crippen LogP contribution in [-0.2, 0) is 11.8 Å². The molecule has 0 radical (unpaired) electrons. The molecule has 1 atom stereocenters. The molecule has 5 aromatic carbocycles. The number of alkyl halides is 1. The van der Waals surface area contributed by atoms with Crippen LogP contribution in [0.25, 0.3) is 0 Å². The van der Waals surface area contributed by atoms with Crippen molar-refractivity contribution in [3.63, 3.8) is 0 Å². The molecule has 5 aromatic rings. The Morgan fingerprint density at radius 1 is 0.595 bits per heavy atom. The molecular weight excluding hydrogens is 527 g/mol. The number of para-hydroxylation sites is 1. The molecule has 0 aliphatic rings. The van der Waals surface area contributed by atoms with E-state index in [4.69, 9.17) is 28.1 Å². The van der Waals surface area contributed by atoms with E-state index in [1.54, 1.807) is 7.11 Å². The summed E-state index contributed by atoms with van der Waals surface area (Å²) in [4.78, 5) is 0. The van der Waals surface area contributed by atoms with Crippen LogP contribution in [0.15, 0.2) is 146 Å². The second-order valence-electron chi connectivity index (χ2n) is 8.91. The van der Waals surface area contributed by atoms with Crippen LogP contribution in [-0.4, -0.2) is 19.9 Å². The average Bonchev–Trinajstić information content (AvgIpc) is 2.99. The molecule has 0 aromatic heterocycles. The standard InChI is InChI=1S/C32H28ClOPSSi/c1-34-30-24-14-15-25-31(30)37(28-20-10-4-11-21-28,29-22-12-5-13-23-29)32(33)35(36,26-16-6-2-7-17-26)27-18-8-3-9-19-27/h2-25,32H,1H3/t32-/m1/s1. The van der Waals surface area contributed by atoms with Gasteiger partial charge in [-0.3, -0.25) is 0 Å². The number of methoxy groups -OCH3 is 1. The summed E-state index contributed by atoms with van der Waals surface area (Å²) in [6, 6.07) is 48.2. The van der Waals surface area contributed by atoms with Crippen molar-refractivity contribution in [3.05, 3.63) is 146 Å². The van der Waals surface area contributed by atoms with Gasteiger partial charge in [-0.1, -0.05) is 151 Å². The number of rotatable bonds is 8. The lowest BCUT2D eigenvalue weighted by Gasteiger charge is -2.43. The minimum absolute atomic E-state index is 0.374. The molecule has 5 rings (SSSR count). The summed E-state index contributed by atoms with van der Waals surface area (Å²) in [6.45, 7) is 0. The van der Waals surface area contributed by atoms with Crippen molar-refractivity contribution < 1.29 is 4.74 Å². The van der Waals surface area contributed by atoms with Crippen LogP contribution < -0.4 is 30.9 Å². The Balaban J connectivity index is 1.94. The molecule has 184 valence electrons. The summed E-state index contributed by atoms with van der Waals surface area (Å²) < 4.78 is 5.65. The van der Waals surface area contributed by atoms with Crippen molar-refractivity contribution >= 4 is 63.7 Å². The van der Waals surface area contributed by atoms with Gasteiger partial charge in [-0.2, -0.15) is 0 Å². The van der Waals surface area contributed by atoms with Crippen LogP contribution in [0.5, 0.6) is 5.75 Å². The minimum Gasteiger partial charge on any atom is -0.497 e. The maximum atomic E-state index is 8.06. The second-order valence-corrected chi connectivity index (χ2v) is 19.0. The fourth-order valence-electron chi connectivity index (χ4n) is 5.24. The zero-order valence-corrected chi connectivity index (χ0v) is 24.0. The van der Waals surface area contributed by atoms with Crippen LogP contribution in [0.2, 0.25) is 0 Å². The summed E-state index contributed by atoms with van der Waals surface area (Å²) in [5.74, 6) is 0.843. The van der Waals surface area contributed by atoms with Crippen LogP contribution in [0, 0.1) is 0 Å². The molecule has 0 heterocycles. The third-order valence-corrected chi connectivity index (χ3v) is 21.2. The van der Waals surface area contributed by atoms with Gasteiger partial charge in [-0.05, 0) is 32.2 Å². The molecule has 1 nitrogen and oxygen atoms in total. The third kappa shape index (κ3) is 4.51. The van der Waals surface area contributed by atoms with Crippen LogP contribution in [0.3, 0.4) is 0 Å². The Morgan fingerprint density at radius 2 is 0.973 bits per heavy atom. The Hall–Kier alpha value is -2.94. The number of hydrogen-bond donors (Lipinski definition) is 0. The Labute approximate surface area is 230 Å². The highest BCUT2D eigenvalue weighted by molar-refractivity contribution is 8.23. The summed E-state index contributed by atoms with van der Waals surface area (Å²) in [5.41, 5.74) is 0. The molecule has 0 N–H and O–H groups in total. The summed E-state index contributed by atoms with van der Waals surface area (Å²) in [6.07, 6.45) is 0. The van der Waals surface area contributed by atoms with Crippen molar-refractivity contribution in [1.29, 1.82) is 0 Å². The second kappa shape index (κ2) is 11.2. The lowest BCUT2D eigenvalue weighted by atomic mass is 10.3. The summed E-state index contributed by atoms with van der Waals surface area (Å²) in [7, 11) is -1.27. The zero-order valence-electron chi connectivity index (χ0n) is 20.6. The molecule has 5 heteroatoms. The predicted octanol–water partition coefficient (Wildman–Crippen LogP) is 5.40. The van der Waals surface area contributed by atoms with Gasteiger partial charge in [0, 0.05) is 6.04 Å². The van der Waals surface area contributed by atoms with E-state index in [2.05, 4.69) is 121 Å². The van der Waals surface area contributed by atoms with Crippen molar-refractivity contribution in [3.8, 4) is 5.75 Å². The molecule has 0 bridgehead atoms. The van der Waals surface area contributed by atoms with E-state index in [1.165, 1.54) is 10.4 Å². The lowest BCUT2D eigenvalue weighted by molar-refractivity contribution is 0.418. The fourth-order valence-corrected chi connectivity index (χ4v) is 19.7. The number of halogens is 1. The van der Waals surface area contributed by atoms with Gasteiger partial charge in [0.1, 0.15) is 5.75 Å². The number of ether oxygens (including phenoxy) is 1. The van der Waals surface area contributed by atoms with Crippen molar-refractivity contribution in [1.82, 2.24) is 0 Å². The zero-order chi connectivity index (χ0) is 25.7. The van der Waals surface area contributed by atoms with E-state index in [9.17, 15) is 0 Å². The summed E-state index contributed by atoms with van der Waals surface area (Å²) in [5, 5.41) is 5.80. The molecule has 0 aliphatic heterocycles. The van der Waals surface area contributed by atoms with Gasteiger partial charge in [0.2, 0.25) is 0 Å². The highest BCUT2D eigenvalue weighted by Crippen LogP contribution is 2.54. The van der Waals surface area contributed by atoms with E-state index >= 15 is 0 Å².